The maximum absolute atomic E-state index is 11.9. The van der Waals surface area contributed by atoms with Crippen molar-refractivity contribution in [1.82, 2.24) is 9.55 Å². The number of halogens is 3. The van der Waals surface area contributed by atoms with Gasteiger partial charge in [-0.05, 0) is 30.8 Å². The third-order valence-corrected chi connectivity index (χ3v) is 4.12. The van der Waals surface area contributed by atoms with Gasteiger partial charge in [-0.3, -0.25) is 14.8 Å². The number of carbonyl (C=O) groups is 1. The van der Waals surface area contributed by atoms with E-state index in [-0.39, 0.29) is 11.5 Å². The molecule has 0 radical (unpaired) electrons. The van der Waals surface area contributed by atoms with Crippen LogP contribution in [0.4, 0.5) is 13.2 Å². The number of H-pyrrole nitrogens is 1. The number of hydrogen-bond acceptors (Lipinski definition) is 6. The predicted molar refractivity (Wildman–Crippen MR) is 113 cm³/mol. The van der Waals surface area contributed by atoms with Gasteiger partial charge in [0, 0.05) is 30.8 Å². The number of aliphatic carboxylic acids is 1. The molecule has 2 rings (SSSR count). The Morgan fingerprint density at radius 2 is 1.88 bits per heavy atom. The molecular weight excluding hydrogens is 455 g/mol. The Bertz CT molecular complexity index is 1080. The lowest BCUT2D eigenvalue weighted by Crippen LogP contribution is -2.23. The molecule has 0 amide bonds. The van der Waals surface area contributed by atoms with Gasteiger partial charge in [0.05, 0.1) is 19.9 Å². The number of aromatic amines is 1. The molecule has 0 aliphatic carbocycles. The molecular formula is C18H22F3N5O5S. The number of benzene rings is 1. The monoisotopic (exact) mass is 477 g/mol. The van der Waals surface area contributed by atoms with Crippen molar-refractivity contribution < 1.29 is 32.5 Å². The number of aliphatic imine (C=N–C) groups is 1. The fraction of sp³-hybridized carbons (Fsp3) is 0.333. The van der Waals surface area contributed by atoms with Gasteiger partial charge in [0.2, 0.25) is 0 Å². The second kappa shape index (κ2) is 11.7. The topological polar surface area (TPSA) is 158 Å². The number of methoxy groups -OCH3 is 2. The minimum atomic E-state index is -5.08. The molecule has 0 aliphatic rings. The van der Waals surface area contributed by atoms with Crippen LogP contribution in [0.15, 0.2) is 34.1 Å². The van der Waals surface area contributed by atoms with Crippen molar-refractivity contribution in [3.8, 4) is 22.8 Å². The number of aromatic nitrogens is 2. The zero-order chi connectivity index (χ0) is 24.5. The molecule has 14 heteroatoms. The summed E-state index contributed by atoms with van der Waals surface area (Å²) in [5.41, 5.74) is 11.8. The van der Waals surface area contributed by atoms with Crippen LogP contribution in [0, 0.1) is 4.77 Å². The van der Waals surface area contributed by atoms with Gasteiger partial charge in [-0.2, -0.15) is 13.2 Å². The summed E-state index contributed by atoms with van der Waals surface area (Å²) in [6.07, 6.45) is -4.43. The molecule has 32 heavy (non-hydrogen) atoms. The average molecular weight is 477 g/mol. The molecule has 0 saturated carbocycles. The van der Waals surface area contributed by atoms with Crippen LogP contribution in [0.5, 0.6) is 11.5 Å². The standard InChI is InChI=1S/C16H21N5O3S.C2HF3O2/c1-23-10-4-5-11(13(8-10)24-2)12-9-14(22)20-16(25)21(12)7-3-6-19-15(17)18;3-2(4,5)1(6)7/h4-5,8-9H,3,6-7H2,1-2H3,(H4,17,18,19)(H,20,22,25);(H,6,7). The van der Waals surface area contributed by atoms with Gasteiger partial charge < -0.3 is 30.6 Å². The van der Waals surface area contributed by atoms with Crippen LogP contribution >= 0.6 is 12.2 Å². The molecule has 6 N–H and O–H groups in total. The highest BCUT2D eigenvalue weighted by atomic mass is 32.1. The lowest BCUT2D eigenvalue weighted by Gasteiger charge is -2.16. The Hall–Kier alpha value is -3.55. The molecule has 0 spiro atoms. The van der Waals surface area contributed by atoms with Crippen molar-refractivity contribution in [2.24, 2.45) is 16.5 Å². The largest absolute Gasteiger partial charge is 0.497 e. The zero-order valence-corrected chi connectivity index (χ0v) is 17.9. The lowest BCUT2D eigenvalue weighted by molar-refractivity contribution is -0.192. The SMILES string of the molecule is COc1ccc(-c2cc(=O)[nH]c(=S)n2CCCN=C(N)N)c(OC)c1.O=C(O)C(F)(F)F. The van der Waals surface area contributed by atoms with Crippen LogP contribution in [0.1, 0.15) is 6.42 Å². The summed E-state index contributed by atoms with van der Waals surface area (Å²) in [6, 6.07) is 6.86. The van der Waals surface area contributed by atoms with Crippen molar-refractivity contribution >= 4 is 24.1 Å². The predicted octanol–water partition coefficient (Wildman–Crippen LogP) is 1.89. The van der Waals surface area contributed by atoms with Gasteiger partial charge in [0.1, 0.15) is 11.5 Å². The van der Waals surface area contributed by atoms with Crippen molar-refractivity contribution in [2.45, 2.75) is 19.1 Å². The highest BCUT2D eigenvalue weighted by molar-refractivity contribution is 7.71. The van der Waals surface area contributed by atoms with E-state index in [0.717, 1.165) is 5.56 Å². The summed E-state index contributed by atoms with van der Waals surface area (Å²) in [4.78, 5) is 27.4. The summed E-state index contributed by atoms with van der Waals surface area (Å²) in [6.45, 7) is 0.999. The molecule has 176 valence electrons. The van der Waals surface area contributed by atoms with Crippen LogP contribution < -0.4 is 26.5 Å². The van der Waals surface area contributed by atoms with Crippen molar-refractivity contribution in [3.05, 3.63) is 39.4 Å². The Labute approximate surface area is 185 Å². The molecule has 10 nitrogen and oxygen atoms in total. The Morgan fingerprint density at radius 1 is 1.25 bits per heavy atom. The minimum absolute atomic E-state index is 0.0436. The second-order valence-corrected chi connectivity index (χ2v) is 6.39. The quantitative estimate of drug-likeness (QED) is 0.204. The first kappa shape index (κ1) is 26.5. The molecule has 0 unspecified atom stereocenters. The van der Waals surface area contributed by atoms with E-state index in [1.54, 1.807) is 26.4 Å². The zero-order valence-electron chi connectivity index (χ0n) is 17.1. The summed E-state index contributed by atoms with van der Waals surface area (Å²) in [5, 5.41) is 7.12. The fourth-order valence-corrected chi connectivity index (χ4v) is 2.70. The van der Waals surface area contributed by atoms with Gasteiger partial charge in [0.25, 0.3) is 5.56 Å². The van der Waals surface area contributed by atoms with Gasteiger partial charge in [0.15, 0.2) is 10.7 Å². The molecule has 1 heterocycles. The highest BCUT2D eigenvalue weighted by Gasteiger charge is 2.38. The number of hydrogen-bond donors (Lipinski definition) is 4. The van der Waals surface area contributed by atoms with E-state index in [1.165, 1.54) is 6.07 Å². The molecule has 0 bridgehead atoms. The summed E-state index contributed by atoms with van der Waals surface area (Å²) < 4.78 is 44.5. The van der Waals surface area contributed by atoms with Crippen LogP contribution in [-0.4, -0.2) is 53.5 Å². The van der Waals surface area contributed by atoms with E-state index in [1.807, 2.05) is 10.6 Å². The van der Waals surface area contributed by atoms with E-state index < -0.39 is 12.1 Å². The van der Waals surface area contributed by atoms with E-state index in [2.05, 4.69) is 9.98 Å². The summed E-state index contributed by atoms with van der Waals surface area (Å²) >= 11 is 5.31. The molecule has 0 atom stereocenters. The molecule has 1 aromatic carbocycles. The lowest BCUT2D eigenvalue weighted by atomic mass is 10.1. The molecule has 0 saturated heterocycles. The first-order chi connectivity index (χ1) is 14.9. The molecule has 1 aromatic heterocycles. The molecule has 0 aliphatic heterocycles. The Kier molecular flexibility index (Phi) is 9.71. The van der Waals surface area contributed by atoms with Crippen LogP contribution in [0.2, 0.25) is 0 Å². The molecule has 2 aromatic rings. The summed E-state index contributed by atoms with van der Waals surface area (Å²) in [5.74, 6) is -1.48. The third kappa shape index (κ3) is 7.94. The Balaban J connectivity index is 0.000000633. The van der Waals surface area contributed by atoms with Crippen molar-refractivity contribution in [2.75, 3.05) is 20.8 Å². The molecule has 0 fully saturated rings. The van der Waals surface area contributed by atoms with E-state index >= 15 is 0 Å². The highest BCUT2D eigenvalue weighted by Crippen LogP contribution is 2.32. The van der Waals surface area contributed by atoms with Crippen molar-refractivity contribution in [1.29, 1.82) is 0 Å². The number of alkyl halides is 3. The number of nitrogens with zero attached hydrogens (tertiary/aromatic N) is 2. The minimum Gasteiger partial charge on any atom is -0.497 e. The van der Waals surface area contributed by atoms with Gasteiger partial charge >= 0.3 is 12.1 Å². The normalized spacial score (nSPS) is 10.5. The smallest absolute Gasteiger partial charge is 0.490 e. The Morgan fingerprint density at radius 3 is 2.38 bits per heavy atom. The fourth-order valence-electron chi connectivity index (χ4n) is 2.41. The number of nitrogens with one attached hydrogen (secondary N) is 1. The van der Waals surface area contributed by atoms with Crippen LogP contribution in [-0.2, 0) is 11.3 Å². The number of nitrogens with two attached hydrogens (primary N) is 2. The number of carboxylic acids is 1. The number of carboxylic acid groups (broad SMARTS) is 1. The van der Waals surface area contributed by atoms with Gasteiger partial charge in [-0.15, -0.1) is 0 Å². The number of ether oxygens (including phenoxy) is 2. The average Bonchev–Trinajstić information content (AvgIpc) is 2.71. The van der Waals surface area contributed by atoms with E-state index in [9.17, 15) is 18.0 Å². The van der Waals surface area contributed by atoms with Gasteiger partial charge in [-0.25, -0.2) is 4.79 Å². The summed E-state index contributed by atoms with van der Waals surface area (Å²) in [7, 11) is 3.13. The van der Waals surface area contributed by atoms with Crippen LogP contribution in [0.25, 0.3) is 11.3 Å². The number of guanidine groups is 1. The van der Waals surface area contributed by atoms with E-state index in [0.29, 0.717) is 41.5 Å². The maximum Gasteiger partial charge on any atom is 0.490 e. The van der Waals surface area contributed by atoms with Crippen molar-refractivity contribution in [3.63, 3.8) is 0 Å². The first-order valence-electron chi connectivity index (χ1n) is 8.82. The third-order valence-electron chi connectivity index (χ3n) is 3.80. The van der Waals surface area contributed by atoms with Gasteiger partial charge in [-0.1, -0.05) is 0 Å². The van der Waals surface area contributed by atoms with Crippen LogP contribution in [0.3, 0.4) is 0 Å². The van der Waals surface area contributed by atoms with E-state index in [4.69, 9.17) is 43.1 Å². The number of rotatable bonds is 7. The maximum atomic E-state index is 11.9. The first-order valence-corrected chi connectivity index (χ1v) is 9.23. The second-order valence-electron chi connectivity index (χ2n) is 6.00.